The van der Waals surface area contributed by atoms with E-state index < -0.39 is 5.60 Å². The van der Waals surface area contributed by atoms with Crippen LogP contribution in [0, 0.1) is 0 Å². The molecule has 0 saturated carbocycles. The molecule has 3 rings (SSSR count). The first-order valence-electron chi connectivity index (χ1n) is 8.26. The van der Waals surface area contributed by atoms with Crippen LogP contribution < -0.4 is 0 Å². The molecule has 2 nitrogen and oxygen atoms in total. The zero-order valence-electron chi connectivity index (χ0n) is 13.3. The fourth-order valence-electron chi connectivity index (χ4n) is 3.34. The van der Waals surface area contributed by atoms with Gasteiger partial charge in [-0.05, 0) is 56.0 Å². The Kier molecular flexibility index (Phi) is 4.60. The summed E-state index contributed by atoms with van der Waals surface area (Å²) in [7, 11) is 0. The molecule has 1 atom stereocenters. The molecule has 1 fully saturated rings. The van der Waals surface area contributed by atoms with Crippen molar-refractivity contribution in [2.24, 2.45) is 0 Å². The van der Waals surface area contributed by atoms with Crippen molar-refractivity contribution >= 4 is 0 Å². The van der Waals surface area contributed by atoms with Gasteiger partial charge in [0.2, 0.25) is 0 Å². The van der Waals surface area contributed by atoms with Crippen LogP contribution in [0.5, 0.6) is 0 Å². The maximum atomic E-state index is 11.1. The van der Waals surface area contributed by atoms with Crippen LogP contribution >= 0.6 is 0 Å². The van der Waals surface area contributed by atoms with E-state index in [1.54, 1.807) is 0 Å². The Labute approximate surface area is 133 Å². The Morgan fingerprint density at radius 3 is 2.32 bits per heavy atom. The van der Waals surface area contributed by atoms with Gasteiger partial charge in [-0.25, -0.2) is 0 Å². The number of likely N-dealkylation sites (tertiary alicyclic amines) is 1. The number of hydrogen-bond donors (Lipinski definition) is 1. The van der Waals surface area contributed by atoms with E-state index in [4.69, 9.17) is 0 Å². The minimum absolute atomic E-state index is 0.775. The Hall–Kier alpha value is -1.64. The molecular weight excluding hydrogens is 270 g/mol. The van der Waals surface area contributed by atoms with Crippen LogP contribution in [-0.4, -0.2) is 29.6 Å². The topological polar surface area (TPSA) is 23.5 Å². The summed E-state index contributed by atoms with van der Waals surface area (Å²) in [5, 5.41) is 11.1. The fourth-order valence-corrected chi connectivity index (χ4v) is 3.34. The van der Waals surface area contributed by atoms with Crippen molar-refractivity contribution in [2.45, 2.75) is 31.8 Å². The van der Waals surface area contributed by atoms with Gasteiger partial charge < -0.3 is 10.0 Å². The van der Waals surface area contributed by atoms with E-state index in [0.717, 1.165) is 24.1 Å². The predicted molar refractivity (Wildman–Crippen MR) is 91.7 cm³/mol. The lowest BCUT2D eigenvalue weighted by Crippen LogP contribution is -2.30. The SMILES string of the molecule is CC(O)(CCN1CCCC1)c1ccccc1-c1ccccc1. The summed E-state index contributed by atoms with van der Waals surface area (Å²) in [6.45, 7) is 5.27. The zero-order chi connectivity index (χ0) is 15.4. The first-order chi connectivity index (χ1) is 10.7. The molecule has 22 heavy (non-hydrogen) atoms. The van der Waals surface area contributed by atoms with Crippen LogP contribution in [0.25, 0.3) is 11.1 Å². The Bertz CT molecular complexity index is 600. The van der Waals surface area contributed by atoms with Gasteiger partial charge in [0.15, 0.2) is 0 Å². The van der Waals surface area contributed by atoms with E-state index in [1.165, 1.54) is 31.5 Å². The van der Waals surface area contributed by atoms with E-state index in [9.17, 15) is 5.11 Å². The van der Waals surface area contributed by atoms with Crippen LogP contribution in [0.15, 0.2) is 54.6 Å². The normalized spacial score (nSPS) is 18.3. The number of rotatable bonds is 5. The second-order valence-electron chi connectivity index (χ2n) is 6.48. The van der Waals surface area contributed by atoms with Gasteiger partial charge in [0.05, 0.1) is 5.60 Å². The Balaban J connectivity index is 1.83. The van der Waals surface area contributed by atoms with Crippen molar-refractivity contribution < 1.29 is 5.11 Å². The molecule has 0 aliphatic carbocycles. The monoisotopic (exact) mass is 295 g/mol. The smallest absolute Gasteiger partial charge is 0.0886 e. The molecule has 2 aromatic carbocycles. The van der Waals surface area contributed by atoms with Crippen LogP contribution in [-0.2, 0) is 5.60 Å². The highest BCUT2D eigenvalue weighted by molar-refractivity contribution is 5.68. The van der Waals surface area contributed by atoms with Crippen molar-refractivity contribution in [3.05, 3.63) is 60.2 Å². The summed E-state index contributed by atoms with van der Waals surface area (Å²) in [6.07, 6.45) is 3.36. The van der Waals surface area contributed by atoms with Gasteiger partial charge in [-0.15, -0.1) is 0 Å². The van der Waals surface area contributed by atoms with Crippen molar-refractivity contribution in [3.8, 4) is 11.1 Å². The average molecular weight is 295 g/mol. The van der Waals surface area contributed by atoms with E-state index in [2.05, 4.69) is 29.2 Å². The van der Waals surface area contributed by atoms with Gasteiger partial charge in [-0.3, -0.25) is 0 Å². The zero-order valence-corrected chi connectivity index (χ0v) is 13.3. The number of aliphatic hydroxyl groups is 1. The second-order valence-corrected chi connectivity index (χ2v) is 6.48. The standard InChI is InChI=1S/C20H25NO/c1-20(22,13-16-21-14-7-8-15-21)19-12-6-5-11-18(19)17-9-3-2-4-10-17/h2-6,9-12,22H,7-8,13-16H2,1H3. The highest BCUT2D eigenvalue weighted by Crippen LogP contribution is 2.34. The van der Waals surface area contributed by atoms with E-state index in [0.29, 0.717) is 0 Å². The summed E-state index contributed by atoms with van der Waals surface area (Å²) >= 11 is 0. The van der Waals surface area contributed by atoms with E-state index in [-0.39, 0.29) is 0 Å². The lowest BCUT2D eigenvalue weighted by atomic mass is 9.86. The Morgan fingerprint density at radius 2 is 1.59 bits per heavy atom. The van der Waals surface area contributed by atoms with Gasteiger partial charge in [-0.1, -0.05) is 54.6 Å². The predicted octanol–water partition coefficient (Wildman–Crippen LogP) is 4.05. The van der Waals surface area contributed by atoms with Crippen LogP contribution in [0.4, 0.5) is 0 Å². The summed E-state index contributed by atoms with van der Waals surface area (Å²) < 4.78 is 0. The van der Waals surface area contributed by atoms with Gasteiger partial charge >= 0.3 is 0 Å². The molecule has 0 spiro atoms. The van der Waals surface area contributed by atoms with Crippen LogP contribution in [0.2, 0.25) is 0 Å². The number of hydrogen-bond acceptors (Lipinski definition) is 2. The molecule has 0 bridgehead atoms. The third kappa shape index (κ3) is 3.40. The molecule has 1 N–H and O–H groups in total. The van der Waals surface area contributed by atoms with Gasteiger partial charge in [0.1, 0.15) is 0 Å². The van der Waals surface area contributed by atoms with Crippen molar-refractivity contribution in [1.82, 2.24) is 4.90 Å². The molecule has 1 unspecified atom stereocenters. The molecule has 0 radical (unpaired) electrons. The maximum Gasteiger partial charge on any atom is 0.0886 e. The van der Waals surface area contributed by atoms with E-state index in [1.807, 2.05) is 37.3 Å². The fraction of sp³-hybridized carbons (Fsp3) is 0.400. The van der Waals surface area contributed by atoms with Gasteiger partial charge in [-0.2, -0.15) is 0 Å². The van der Waals surface area contributed by atoms with Crippen LogP contribution in [0.1, 0.15) is 31.7 Å². The maximum absolute atomic E-state index is 11.1. The van der Waals surface area contributed by atoms with Crippen molar-refractivity contribution in [3.63, 3.8) is 0 Å². The number of nitrogens with zero attached hydrogens (tertiary/aromatic N) is 1. The molecule has 1 aliphatic rings. The molecular formula is C20H25NO. The molecule has 1 heterocycles. The van der Waals surface area contributed by atoms with E-state index >= 15 is 0 Å². The molecule has 1 saturated heterocycles. The highest BCUT2D eigenvalue weighted by Gasteiger charge is 2.27. The summed E-state index contributed by atoms with van der Waals surface area (Å²) in [4.78, 5) is 2.46. The van der Waals surface area contributed by atoms with Crippen molar-refractivity contribution in [1.29, 1.82) is 0 Å². The molecule has 0 amide bonds. The first-order valence-corrected chi connectivity index (χ1v) is 8.26. The minimum Gasteiger partial charge on any atom is -0.385 e. The first kappa shape index (κ1) is 15.3. The van der Waals surface area contributed by atoms with Crippen molar-refractivity contribution in [2.75, 3.05) is 19.6 Å². The Morgan fingerprint density at radius 1 is 0.955 bits per heavy atom. The molecule has 2 heteroatoms. The third-order valence-corrected chi connectivity index (χ3v) is 4.71. The third-order valence-electron chi connectivity index (χ3n) is 4.71. The molecule has 0 aromatic heterocycles. The largest absolute Gasteiger partial charge is 0.385 e. The molecule has 2 aromatic rings. The quantitative estimate of drug-likeness (QED) is 0.899. The van der Waals surface area contributed by atoms with Gasteiger partial charge in [0, 0.05) is 6.54 Å². The molecule has 1 aliphatic heterocycles. The summed E-state index contributed by atoms with van der Waals surface area (Å²) in [5.41, 5.74) is 2.53. The molecule has 116 valence electrons. The second kappa shape index (κ2) is 6.64. The van der Waals surface area contributed by atoms with Gasteiger partial charge in [0.25, 0.3) is 0 Å². The lowest BCUT2D eigenvalue weighted by molar-refractivity contribution is 0.0388. The minimum atomic E-state index is -0.797. The lowest BCUT2D eigenvalue weighted by Gasteiger charge is -2.29. The number of benzene rings is 2. The summed E-state index contributed by atoms with van der Waals surface area (Å²) in [6, 6.07) is 18.6. The van der Waals surface area contributed by atoms with Crippen LogP contribution in [0.3, 0.4) is 0 Å². The summed E-state index contributed by atoms with van der Waals surface area (Å²) in [5.74, 6) is 0. The average Bonchev–Trinajstić information content (AvgIpc) is 3.07. The highest BCUT2D eigenvalue weighted by atomic mass is 16.3.